The van der Waals surface area contributed by atoms with E-state index in [1.54, 1.807) is 49.6 Å². The average Bonchev–Trinajstić information content (AvgIpc) is 3.33. The minimum absolute atomic E-state index is 0.0596. The van der Waals surface area contributed by atoms with Gasteiger partial charge in [0.2, 0.25) is 10.0 Å². The van der Waals surface area contributed by atoms with E-state index in [4.69, 9.17) is 0 Å². The highest BCUT2D eigenvalue weighted by Gasteiger charge is 2.28. The molecule has 1 saturated carbocycles. The zero-order chi connectivity index (χ0) is 22.6. The molecule has 168 valence electrons. The lowest BCUT2D eigenvalue weighted by molar-refractivity contribution is 0.102. The maximum Gasteiger partial charge on any atom is 0.255 e. The fourth-order valence-electron chi connectivity index (χ4n) is 4.06. The summed E-state index contributed by atoms with van der Waals surface area (Å²) in [7, 11) is -1.89. The highest BCUT2D eigenvalue weighted by molar-refractivity contribution is 7.89. The predicted molar refractivity (Wildman–Crippen MR) is 124 cm³/mol. The topological polar surface area (TPSA) is 84.3 Å². The van der Waals surface area contributed by atoms with Gasteiger partial charge in [-0.1, -0.05) is 31.4 Å². The Hall–Kier alpha value is -2.97. The van der Waals surface area contributed by atoms with Gasteiger partial charge in [0.15, 0.2) is 0 Å². The van der Waals surface area contributed by atoms with Crippen LogP contribution >= 0.6 is 0 Å². The summed E-state index contributed by atoms with van der Waals surface area (Å²) in [5.74, 6) is -0.245. The number of hydrogen-bond acceptors (Lipinski definition) is 4. The lowest BCUT2D eigenvalue weighted by Crippen LogP contribution is -2.38. The third-order valence-electron chi connectivity index (χ3n) is 6.00. The molecule has 0 aliphatic heterocycles. The Bertz CT molecular complexity index is 1130. The van der Waals surface area contributed by atoms with Gasteiger partial charge in [0, 0.05) is 36.7 Å². The molecule has 8 heteroatoms. The molecule has 1 aromatic heterocycles. The number of carbonyl (C=O) groups is 1. The molecule has 0 bridgehead atoms. The van der Waals surface area contributed by atoms with Crippen molar-refractivity contribution < 1.29 is 13.2 Å². The summed E-state index contributed by atoms with van der Waals surface area (Å²) in [6.07, 6.45) is 8.74. The smallest absolute Gasteiger partial charge is 0.255 e. The highest BCUT2D eigenvalue weighted by Crippen LogP contribution is 2.27. The summed E-state index contributed by atoms with van der Waals surface area (Å²) in [4.78, 5) is 12.8. The normalized spacial score (nSPS) is 15.1. The summed E-state index contributed by atoms with van der Waals surface area (Å²) >= 11 is 0. The molecular weight excluding hydrogens is 424 g/mol. The zero-order valence-corrected chi connectivity index (χ0v) is 19.0. The second-order valence-corrected chi connectivity index (χ2v) is 10.2. The summed E-state index contributed by atoms with van der Waals surface area (Å²) in [5.41, 5.74) is 2.12. The number of rotatable bonds is 7. The lowest BCUT2D eigenvalue weighted by Gasteiger charge is -2.30. The molecule has 1 aliphatic rings. The molecule has 0 atom stereocenters. The summed E-state index contributed by atoms with van der Waals surface area (Å²) in [6, 6.07) is 15.6. The second-order valence-electron chi connectivity index (χ2n) is 8.19. The van der Waals surface area contributed by atoms with Gasteiger partial charge >= 0.3 is 0 Å². The number of anilines is 1. The van der Waals surface area contributed by atoms with Gasteiger partial charge in [-0.05, 0) is 60.9 Å². The van der Waals surface area contributed by atoms with Crippen LogP contribution in [0.25, 0.3) is 0 Å². The van der Waals surface area contributed by atoms with Gasteiger partial charge in [-0.2, -0.15) is 9.40 Å². The maximum absolute atomic E-state index is 13.0. The third-order valence-corrected chi connectivity index (χ3v) is 7.92. The summed E-state index contributed by atoms with van der Waals surface area (Å²) in [6.45, 7) is 0.639. The number of hydrogen-bond donors (Lipinski definition) is 1. The molecule has 4 rings (SSSR count). The molecule has 32 heavy (non-hydrogen) atoms. The van der Waals surface area contributed by atoms with E-state index in [1.165, 1.54) is 10.7 Å². The number of aromatic nitrogens is 2. The van der Waals surface area contributed by atoms with Crippen molar-refractivity contribution in [2.24, 2.45) is 0 Å². The molecule has 1 heterocycles. The number of nitrogens with zero attached hydrogens (tertiary/aromatic N) is 3. The van der Waals surface area contributed by atoms with Crippen LogP contribution in [0.15, 0.2) is 71.9 Å². The van der Waals surface area contributed by atoms with Crippen molar-refractivity contribution in [2.75, 3.05) is 12.4 Å². The molecule has 3 aromatic rings. The van der Waals surface area contributed by atoms with Crippen LogP contribution < -0.4 is 5.32 Å². The van der Waals surface area contributed by atoms with Gasteiger partial charge in [0.1, 0.15) is 0 Å². The van der Waals surface area contributed by atoms with Crippen LogP contribution in [-0.4, -0.2) is 41.5 Å². The first-order chi connectivity index (χ1) is 15.4. The molecule has 1 aliphatic carbocycles. The van der Waals surface area contributed by atoms with E-state index in [1.807, 2.05) is 29.1 Å². The Morgan fingerprint density at radius 1 is 1.06 bits per heavy atom. The summed E-state index contributed by atoms with van der Waals surface area (Å²) < 4.78 is 29.2. The number of sulfonamides is 1. The van der Waals surface area contributed by atoms with E-state index in [2.05, 4.69) is 10.4 Å². The third kappa shape index (κ3) is 5.08. The fourth-order valence-corrected chi connectivity index (χ4v) is 5.48. The van der Waals surface area contributed by atoms with Crippen LogP contribution in [-0.2, 0) is 16.6 Å². The van der Waals surface area contributed by atoms with Crippen molar-refractivity contribution >= 4 is 21.6 Å². The van der Waals surface area contributed by atoms with Crippen molar-refractivity contribution in [2.45, 2.75) is 49.6 Å². The van der Waals surface area contributed by atoms with Crippen LogP contribution in [0.2, 0.25) is 0 Å². The van der Waals surface area contributed by atoms with Gasteiger partial charge in [-0.3, -0.25) is 9.48 Å². The van der Waals surface area contributed by atoms with E-state index in [-0.39, 0.29) is 16.8 Å². The van der Waals surface area contributed by atoms with Gasteiger partial charge in [-0.25, -0.2) is 8.42 Å². The monoisotopic (exact) mass is 452 g/mol. The Morgan fingerprint density at radius 2 is 1.75 bits per heavy atom. The van der Waals surface area contributed by atoms with Crippen LogP contribution in [0.3, 0.4) is 0 Å². The van der Waals surface area contributed by atoms with Gasteiger partial charge in [0.05, 0.1) is 11.4 Å². The predicted octanol–water partition coefficient (Wildman–Crippen LogP) is 4.14. The van der Waals surface area contributed by atoms with Gasteiger partial charge in [-0.15, -0.1) is 0 Å². The molecular formula is C24H28N4O3S. The number of nitrogens with one attached hydrogen (secondary N) is 1. The Labute approximate surface area is 189 Å². The number of amides is 1. The van der Waals surface area contributed by atoms with E-state index in [0.717, 1.165) is 31.2 Å². The van der Waals surface area contributed by atoms with Crippen LogP contribution in [0, 0.1) is 0 Å². The number of carbonyl (C=O) groups excluding carboxylic acids is 1. The molecule has 2 aromatic carbocycles. The lowest BCUT2D eigenvalue weighted by atomic mass is 9.96. The van der Waals surface area contributed by atoms with Crippen molar-refractivity contribution in [3.63, 3.8) is 0 Å². The largest absolute Gasteiger partial charge is 0.322 e. The Balaban J connectivity index is 1.39. The molecule has 1 amide bonds. The van der Waals surface area contributed by atoms with Crippen molar-refractivity contribution in [1.82, 2.24) is 14.1 Å². The minimum atomic E-state index is -3.55. The molecule has 7 nitrogen and oxygen atoms in total. The van der Waals surface area contributed by atoms with E-state index in [0.29, 0.717) is 17.8 Å². The van der Waals surface area contributed by atoms with Crippen molar-refractivity contribution in [1.29, 1.82) is 0 Å². The van der Waals surface area contributed by atoms with Crippen LogP contribution in [0.5, 0.6) is 0 Å². The Morgan fingerprint density at radius 3 is 2.38 bits per heavy atom. The molecule has 1 N–H and O–H groups in total. The first-order valence-corrected chi connectivity index (χ1v) is 12.3. The molecule has 0 spiro atoms. The van der Waals surface area contributed by atoms with Gasteiger partial charge < -0.3 is 5.32 Å². The first kappa shape index (κ1) is 22.2. The summed E-state index contributed by atoms with van der Waals surface area (Å²) in [5, 5.41) is 7.01. The first-order valence-electron chi connectivity index (χ1n) is 10.9. The molecule has 0 unspecified atom stereocenters. The SMILES string of the molecule is CN(C1CCCCC1)S(=O)(=O)c1ccc(NC(=O)c2ccc(Cn3cccn3)cc2)cc1. The molecule has 0 radical (unpaired) electrons. The average molecular weight is 453 g/mol. The van der Waals surface area contributed by atoms with E-state index >= 15 is 0 Å². The van der Waals surface area contributed by atoms with Crippen LogP contribution in [0.4, 0.5) is 5.69 Å². The van der Waals surface area contributed by atoms with Gasteiger partial charge in [0.25, 0.3) is 5.91 Å². The Kier molecular flexibility index (Phi) is 6.72. The number of benzene rings is 2. The quantitative estimate of drug-likeness (QED) is 0.584. The van der Waals surface area contributed by atoms with E-state index in [9.17, 15) is 13.2 Å². The highest BCUT2D eigenvalue weighted by atomic mass is 32.2. The van der Waals surface area contributed by atoms with Crippen LogP contribution in [0.1, 0.15) is 48.0 Å². The standard InChI is InChI=1S/C24H28N4O3S/c1-27(22-6-3-2-4-7-22)32(30,31)23-14-12-21(13-15-23)26-24(29)20-10-8-19(9-11-20)18-28-17-5-16-25-28/h5,8-17,22H,2-4,6-7,18H2,1H3,(H,26,29). The molecule has 1 fully saturated rings. The maximum atomic E-state index is 13.0. The fraction of sp³-hybridized carbons (Fsp3) is 0.333. The molecule has 0 saturated heterocycles. The van der Waals surface area contributed by atoms with Crippen molar-refractivity contribution in [3.05, 3.63) is 78.1 Å². The minimum Gasteiger partial charge on any atom is -0.322 e. The van der Waals surface area contributed by atoms with Crippen molar-refractivity contribution in [3.8, 4) is 0 Å². The second kappa shape index (κ2) is 9.67. The zero-order valence-electron chi connectivity index (χ0n) is 18.1. The van der Waals surface area contributed by atoms with E-state index < -0.39 is 10.0 Å².